The molecule has 1 aromatic rings. The van der Waals surface area contributed by atoms with Crippen LogP contribution in [0.15, 0.2) is 23.1 Å². The van der Waals surface area contributed by atoms with Gasteiger partial charge in [-0.2, -0.15) is 4.31 Å². The van der Waals surface area contributed by atoms with Crippen LogP contribution in [0.5, 0.6) is 5.75 Å². The first-order valence-electron chi connectivity index (χ1n) is 7.43. The van der Waals surface area contributed by atoms with Crippen molar-refractivity contribution in [3.8, 4) is 5.75 Å². The Morgan fingerprint density at radius 2 is 1.81 bits per heavy atom. The van der Waals surface area contributed by atoms with Crippen molar-refractivity contribution >= 4 is 10.0 Å². The molecule has 0 spiro atoms. The minimum absolute atomic E-state index is 0.355. The van der Waals surface area contributed by atoms with Crippen LogP contribution in [0.1, 0.15) is 25.8 Å². The third-order valence-corrected chi connectivity index (χ3v) is 5.16. The number of nitrogens with zero attached hydrogens (tertiary/aromatic N) is 1. The van der Waals surface area contributed by atoms with E-state index in [0.717, 1.165) is 17.7 Å². The van der Waals surface area contributed by atoms with Crippen molar-refractivity contribution in [1.82, 2.24) is 4.31 Å². The summed E-state index contributed by atoms with van der Waals surface area (Å²) in [5, 5.41) is 0. The van der Waals surface area contributed by atoms with Crippen LogP contribution in [0.4, 0.5) is 0 Å². The fraction of sp³-hybridized carbons (Fsp3) is 0.600. The lowest BCUT2D eigenvalue weighted by Crippen LogP contribution is -2.40. The predicted molar refractivity (Wildman–Crippen MR) is 81.2 cm³/mol. The Morgan fingerprint density at radius 3 is 2.48 bits per heavy atom. The van der Waals surface area contributed by atoms with Gasteiger partial charge in [-0.3, -0.25) is 0 Å². The average molecular weight is 313 g/mol. The number of hydrogen-bond acceptors (Lipinski definition) is 4. The maximum atomic E-state index is 12.4. The number of fused-ring (bicyclic) bond motifs is 1. The summed E-state index contributed by atoms with van der Waals surface area (Å²) < 4.78 is 36.9. The standard InChI is InChI=1S/C12H15NO4S.C3H8/c14-18(15,13-4-7-16-8-5-13)11-1-2-12-10(9-11)3-6-17-12;1-3-2/h1-2,9H,3-8H2;3H2,1-2H3. The first-order chi connectivity index (χ1) is 10.1. The Labute approximate surface area is 126 Å². The molecule has 0 amide bonds. The summed E-state index contributed by atoms with van der Waals surface area (Å²) >= 11 is 0. The van der Waals surface area contributed by atoms with Crippen molar-refractivity contribution in [3.05, 3.63) is 23.8 Å². The number of ether oxygens (including phenoxy) is 2. The molecule has 1 aromatic carbocycles. The van der Waals surface area contributed by atoms with Gasteiger partial charge in [0.1, 0.15) is 5.75 Å². The second kappa shape index (κ2) is 7.24. The van der Waals surface area contributed by atoms with E-state index < -0.39 is 10.0 Å². The summed E-state index contributed by atoms with van der Waals surface area (Å²) in [5.41, 5.74) is 0.976. The van der Waals surface area contributed by atoms with Crippen molar-refractivity contribution in [2.75, 3.05) is 32.9 Å². The van der Waals surface area contributed by atoms with Gasteiger partial charge in [-0.05, 0) is 23.8 Å². The number of sulfonamides is 1. The van der Waals surface area contributed by atoms with E-state index in [1.807, 2.05) is 0 Å². The van der Waals surface area contributed by atoms with Gasteiger partial charge in [0.15, 0.2) is 0 Å². The Hall–Kier alpha value is -1.11. The van der Waals surface area contributed by atoms with Crippen LogP contribution in [0.3, 0.4) is 0 Å². The zero-order chi connectivity index (χ0) is 15.3. The van der Waals surface area contributed by atoms with Gasteiger partial charge in [0.25, 0.3) is 0 Å². The molecule has 3 rings (SSSR count). The molecule has 2 aliphatic rings. The monoisotopic (exact) mass is 313 g/mol. The van der Waals surface area contributed by atoms with E-state index in [9.17, 15) is 8.42 Å². The first-order valence-corrected chi connectivity index (χ1v) is 8.87. The number of morpholine rings is 1. The minimum Gasteiger partial charge on any atom is -0.493 e. The first kappa shape index (κ1) is 16.3. The van der Waals surface area contributed by atoms with E-state index in [4.69, 9.17) is 9.47 Å². The van der Waals surface area contributed by atoms with Crippen LogP contribution in [-0.4, -0.2) is 45.6 Å². The van der Waals surface area contributed by atoms with Gasteiger partial charge in [0, 0.05) is 19.5 Å². The highest BCUT2D eigenvalue weighted by Gasteiger charge is 2.27. The molecule has 0 N–H and O–H groups in total. The Balaban J connectivity index is 0.000000497. The van der Waals surface area contributed by atoms with Crippen LogP contribution < -0.4 is 4.74 Å². The van der Waals surface area contributed by atoms with Gasteiger partial charge < -0.3 is 9.47 Å². The van der Waals surface area contributed by atoms with E-state index in [-0.39, 0.29) is 0 Å². The zero-order valence-electron chi connectivity index (χ0n) is 12.7. The molecule has 0 aromatic heterocycles. The molecule has 0 radical (unpaired) electrons. The van der Waals surface area contributed by atoms with Gasteiger partial charge in [-0.15, -0.1) is 0 Å². The molecule has 21 heavy (non-hydrogen) atoms. The topological polar surface area (TPSA) is 55.8 Å². The molecule has 0 saturated carbocycles. The molecule has 0 bridgehead atoms. The van der Waals surface area contributed by atoms with Crippen molar-refractivity contribution in [3.63, 3.8) is 0 Å². The summed E-state index contributed by atoms with van der Waals surface area (Å²) in [6.45, 7) is 6.67. The molecule has 0 aliphatic carbocycles. The van der Waals surface area contributed by atoms with Crippen LogP contribution in [0.25, 0.3) is 0 Å². The normalized spacial score (nSPS) is 18.4. The van der Waals surface area contributed by atoms with E-state index in [2.05, 4.69) is 13.8 Å². The highest BCUT2D eigenvalue weighted by atomic mass is 32.2. The fourth-order valence-electron chi connectivity index (χ4n) is 2.26. The number of hydrogen-bond donors (Lipinski definition) is 0. The molecule has 118 valence electrons. The Morgan fingerprint density at radius 1 is 1.14 bits per heavy atom. The van der Waals surface area contributed by atoms with Gasteiger partial charge >= 0.3 is 0 Å². The van der Waals surface area contributed by atoms with Crippen LogP contribution in [-0.2, 0) is 21.2 Å². The smallest absolute Gasteiger partial charge is 0.243 e. The molecule has 1 saturated heterocycles. The number of benzene rings is 1. The summed E-state index contributed by atoms with van der Waals surface area (Å²) in [6, 6.07) is 5.09. The maximum absolute atomic E-state index is 12.4. The molecule has 2 heterocycles. The second-order valence-electron chi connectivity index (χ2n) is 5.09. The fourth-order valence-corrected chi connectivity index (χ4v) is 3.72. The van der Waals surface area contributed by atoms with Crippen molar-refractivity contribution in [1.29, 1.82) is 0 Å². The van der Waals surface area contributed by atoms with Crippen LogP contribution >= 0.6 is 0 Å². The minimum atomic E-state index is -3.39. The van der Waals surface area contributed by atoms with Gasteiger partial charge in [-0.25, -0.2) is 8.42 Å². The van der Waals surface area contributed by atoms with Crippen molar-refractivity contribution in [2.45, 2.75) is 31.6 Å². The highest BCUT2D eigenvalue weighted by molar-refractivity contribution is 7.89. The third-order valence-electron chi connectivity index (χ3n) is 3.27. The summed E-state index contributed by atoms with van der Waals surface area (Å²) in [4.78, 5) is 0.355. The summed E-state index contributed by atoms with van der Waals surface area (Å²) in [7, 11) is -3.39. The molecule has 0 atom stereocenters. The highest BCUT2D eigenvalue weighted by Crippen LogP contribution is 2.28. The predicted octanol–water partition coefficient (Wildman–Crippen LogP) is 2.06. The second-order valence-corrected chi connectivity index (χ2v) is 7.03. The van der Waals surface area contributed by atoms with Crippen LogP contribution in [0.2, 0.25) is 0 Å². The quantitative estimate of drug-likeness (QED) is 0.838. The molecular formula is C15H23NO4S. The molecular weight excluding hydrogens is 290 g/mol. The zero-order valence-corrected chi connectivity index (χ0v) is 13.5. The summed E-state index contributed by atoms with van der Waals surface area (Å²) in [5.74, 6) is 0.802. The SMILES string of the molecule is CCC.O=S(=O)(c1ccc2c(c1)CCO2)N1CCOCC1. The Bertz CT molecular complexity index is 565. The lowest BCUT2D eigenvalue weighted by molar-refractivity contribution is 0.0730. The molecule has 6 heteroatoms. The van der Waals surface area contributed by atoms with Gasteiger partial charge in [0.05, 0.1) is 24.7 Å². The van der Waals surface area contributed by atoms with E-state index in [1.54, 1.807) is 18.2 Å². The van der Waals surface area contributed by atoms with Crippen LogP contribution in [0, 0.1) is 0 Å². The molecule has 0 unspecified atom stereocenters. The van der Waals surface area contributed by atoms with E-state index >= 15 is 0 Å². The van der Waals surface area contributed by atoms with Crippen molar-refractivity contribution in [2.24, 2.45) is 0 Å². The Kier molecular flexibility index (Phi) is 5.61. The lowest BCUT2D eigenvalue weighted by Gasteiger charge is -2.26. The third kappa shape index (κ3) is 3.75. The van der Waals surface area contributed by atoms with E-state index in [0.29, 0.717) is 37.8 Å². The molecule has 5 nitrogen and oxygen atoms in total. The molecule has 2 aliphatic heterocycles. The summed E-state index contributed by atoms with van der Waals surface area (Å²) in [6.07, 6.45) is 2.03. The maximum Gasteiger partial charge on any atom is 0.243 e. The van der Waals surface area contributed by atoms with E-state index in [1.165, 1.54) is 10.7 Å². The number of rotatable bonds is 2. The average Bonchev–Trinajstić information content (AvgIpc) is 2.96. The largest absolute Gasteiger partial charge is 0.493 e. The molecule has 1 fully saturated rings. The van der Waals surface area contributed by atoms with Crippen molar-refractivity contribution < 1.29 is 17.9 Å². The van der Waals surface area contributed by atoms with Gasteiger partial charge in [0.2, 0.25) is 10.0 Å². The van der Waals surface area contributed by atoms with Gasteiger partial charge in [-0.1, -0.05) is 20.3 Å². The lowest BCUT2D eigenvalue weighted by atomic mass is 10.2.